The third-order valence-electron chi connectivity index (χ3n) is 2.93. The van der Waals surface area contributed by atoms with Crippen LogP contribution in [0.5, 0.6) is 0 Å². The number of ether oxygens (including phenoxy) is 1. The fourth-order valence-electron chi connectivity index (χ4n) is 1.86. The molecular formula is C13H15NO5S. The molecule has 0 saturated carbocycles. The lowest BCUT2D eigenvalue weighted by Crippen LogP contribution is -2.36. The summed E-state index contributed by atoms with van der Waals surface area (Å²) >= 11 is 0. The third kappa shape index (κ3) is 3.80. The van der Waals surface area contributed by atoms with Gasteiger partial charge in [-0.3, -0.25) is 9.11 Å². The molecule has 1 aliphatic rings. The van der Waals surface area contributed by atoms with Crippen molar-refractivity contribution in [2.45, 2.75) is 12.5 Å². The number of carboxylic acids is 1. The summed E-state index contributed by atoms with van der Waals surface area (Å²) in [6, 6.07) is 8.95. The van der Waals surface area contributed by atoms with Gasteiger partial charge in [-0.15, -0.1) is 0 Å². The first kappa shape index (κ1) is 14.5. The second kappa shape index (κ2) is 6.51. The van der Waals surface area contributed by atoms with E-state index in [1.165, 1.54) is 4.90 Å². The maximum Gasteiger partial charge on any atom is 0.411 e. The fourth-order valence-corrected chi connectivity index (χ4v) is 3.00. The molecule has 1 heterocycles. The maximum absolute atomic E-state index is 11.8. The largest absolute Gasteiger partial charge is 0.478 e. The highest BCUT2D eigenvalue weighted by Gasteiger charge is 2.29. The van der Waals surface area contributed by atoms with Gasteiger partial charge in [0.05, 0.1) is 5.88 Å². The van der Waals surface area contributed by atoms with E-state index in [2.05, 4.69) is 0 Å². The van der Waals surface area contributed by atoms with Crippen LogP contribution >= 0.6 is 0 Å². The smallest absolute Gasteiger partial charge is 0.411 e. The van der Waals surface area contributed by atoms with E-state index in [9.17, 15) is 13.8 Å². The molecule has 0 bridgehead atoms. The lowest BCUT2D eigenvalue weighted by molar-refractivity contribution is -0.147. The topological polar surface area (TPSA) is 83.9 Å². The normalized spacial score (nSPS) is 19.6. The highest BCUT2D eigenvalue weighted by atomic mass is 32.2. The van der Waals surface area contributed by atoms with E-state index < -0.39 is 29.0 Å². The standard InChI is InChI=1S/C13H15NO5S/c15-12(16)11(8-10-4-2-1-3-5-10)19-13(17)14-6-7-20(18)9-14/h1-5,11H,6-9H2,(H,15,16)/t11-,20?/m0/s1. The van der Waals surface area contributed by atoms with Crippen molar-refractivity contribution in [2.75, 3.05) is 18.2 Å². The summed E-state index contributed by atoms with van der Waals surface area (Å²) in [5.41, 5.74) is 0.776. The molecule has 0 aliphatic carbocycles. The molecule has 0 radical (unpaired) electrons. The van der Waals surface area contributed by atoms with Crippen molar-refractivity contribution < 1.29 is 23.6 Å². The minimum Gasteiger partial charge on any atom is -0.478 e. The highest BCUT2D eigenvalue weighted by Crippen LogP contribution is 2.11. The number of nitrogens with zero attached hydrogens (tertiary/aromatic N) is 1. The quantitative estimate of drug-likeness (QED) is 0.890. The molecule has 1 aromatic carbocycles. The summed E-state index contributed by atoms with van der Waals surface area (Å²) in [5, 5.41) is 9.12. The number of amides is 1. The van der Waals surface area contributed by atoms with Gasteiger partial charge >= 0.3 is 12.1 Å². The zero-order valence-electron chi connectivity index (χ0n) is 10.7. The molecule has 1 aliphatic heterocycles. The van der Waals surface area contributed by atoms with Crippen LogP contribution < -0.4 is 0 Å². The minimum atomic E-state index is -1.24. The molecule has 1 fully saturated rings. The number of carbonyl (C=O) groups is 2. The zero-order valence-corrected chi connectivity index (χ0v) is 11.5. The van der Waals surface area contributed by atoms with Crippen molar-refractivity contribution in [3.63, 3.8) is 0 Å². The summed E-state index contributed by atoms with van der Waals surface area (Å²) in [4.78, 5) is 24.2. The van der Waals surface area contributed by atoms with Crippen LogP contribution in [0.25, 0.3) is 0 Å². The van der Waals surface area contributed by atoms with E-state index in [0.29, 0.717) is 12.3 Å². The molecule has 108 valence electrons. The van der Waals surface area contributed by atoms with Gasteiger partial charge in [0.1, 0.15) is 0 Å². The van der Waals surface area contributed by atoms with Gasteiger partial charge < -0.3 is 9.84 Å². The summed E-state index contributed by atoms with van der Waals surface area (Å²) < 4.78 is 16.2. The predicted octanol–water partition coefficient (Wildman–Crippen LogP) is 0.841. The average molecular weight is 297 g/mol. The molecule has 6 nitrogen and oxygen atoms in total. The van der Waals surface area contributed by atoms with E-state index in [0.717, 1.165) is 5.56 Å². The monoisotopic (exact) mass is 297 g/mol. The van der Waals surface area contributed by atoms with Gasteiger partial charge in [0.2, 0.25) is 6.10 Å². The van der Waals surface area contributed by atoms with Gasteiger partial charge in [-0.2, -0.15) is 0 Å². The van der Waals surface area contributed by atoms with Gasteiger partial charge in [-0.05, 0) is 5.56 Å². The minimum absolute atomic E-state index is 0.108. The number of benzene rings is 1. The Hall–Kier alpha value is -1.89. The Morgan fingerprint density at radius 3 is 2.60 bits per heavy atom. The SMILES string of the molecule is O=C(O)[C@H](Cc1ccccc1)OC(=O)N1CCS(=O)C1. The Labute approximate surface area is 118 Å². The molecule has 0 spiro atoms. The van der Waals surface area contributed by atoms with Gasteiger partial charge in [0, 0.05) is 29.5 Å². The van der Waals surface area contributed by atoms with E-state index in [1.54, 1.807) is 24.3 Å². The molecule has 2 atom stereocenters. The third-order valence-corrected chi connectivity index (χ3v) is 4.17. The van der Waals surface area contributed by atoms with Crippen LogP contribution in [0.1, 0.15) is 5.56 Å². The molecule has 2 rings (SSSR count). The first-order valence-electron chi connectivity index (χ1n) is 6.13. The summed E-state index contributed by atoms with van der Waals surface area (Å²) in [7, 11) is -1.06. The first-order valence-corrected chi connectivity index (χ1v) is 7.62. The molecule has 7 heteroatoms. The lowest BCUT2D eigenvalue weighted by atomic mass is 10.1. The first-order chi connectivity index (χ1) is 9.56. The van der Waals surface area contributed by atoms with Crippen LogP contribution in [-0.2, 0) is 26.8 Å². The summed E-state index contributed by atoms with van der Waals surface area (Å²) in [6.45, 7) is 0.336. The second-order valence-corrected chi connectivity index (χ2v) is 5.98. The number of rotatable bonds is 4. The van der Waals surface area contributed by atoms with Gasteiger partial charge in [-0.25, -0.2) is 9.59 Å². The van der Waals surface area contributed by atoms with Crippen molar-refractivity contribution in [1.29, 1.82) is 0 Å². The Morgan fingerprint density at radius 2 is 2.05 bits per heavy atom. The van der Waals surface area contributed by atoms with Crippen molar-refractivity contribution in [3.8, 4) is 0 Å². The zero-order chi connectivity index (χ0) is 14.5. The molecule has 1 aromatic rings. The van der Waals surface area contributed by atoms with E-state index >= 15 is 0 Å². The molecule has 1 unspecified atom stereocenters. The maximum atomic E-state index is 11.8. The average Bonchev–Trinajstić information content (AvgIpc) is 2.86. The van der Waals surface area contributed by atoms with Crippen molar-refractivity contribution in [2.24, 2.45) is 0 Å². The van der Waals surface area contributed by atoms with Crippen LogP contribution in [0.15, 0.2) is 30.3 Å². The molecule has 1 amide bonds. The van der Waals surface area contributed by atoms with E-state index in [1.807, 2.05) is 6.07 Å². The Morgan fingerprint density at radius 1 is 1.35 bits per heavy atom. The van der Waals surface area contributed by atoms with Crippen LogP contribution in [0.4, 0.5) is 4.79 Å². The molecule has 0 aromatic heterocycles. The molecule has 20 heavy (non-hydrogen) atoms. The fraction of sp³-hybridized carbons (Fsp3) is 0.385. The lowest BCUT2D eigenvalue weighted by Gasteiger charge is -2.18. The Bertz CT molecular complexity index is 519. The predicted molar refractivity (Wildman–Crippen MR) is 72.6 cm³/mol. The Kier molecular flexibility index (Phi) is 4.73. The van der Waals surface area contributed by atoms with Crippen LogP contribution in [-0.4, -0.2) is 50.6 Å². The number of carbonyl (C=O) groups excluding carboxylic acids is 1. The second-order valence-electron chi connectivity index (χ2n) is 4.44. The van der Waals surface area contributed by atoms with Crippen LogP contribution in [0, 0.1) is 0 Å². The summed E-state index contributed by atoms with van der Waals surface area (Å²) in [5.74, 6) is -0.676. The van der Waals surface area contributed by atoms with Gasteiger partial charge in [0.25, 0.3) is 0 Å². The van der Waals surface area contributed by atoms with Crippen molar-refractivity contribution in [3.05, 3.63) is 35.9 Å². The Balaban J connectivity index is 1.97. The molecular weight excluding hydrogens is 282 g/mol. The van der Waals surface area contributed by atoms with Crippen molar-refractivity contribution in [1.82, 2.24) is 4.90 Å². The number of hydrogen-bond donors (Lipinski definition) is 1. The van der Waals surface area contributed by atoms with Crippen molar-refractivity contribution >= 4 is 22.9 Å². The molecule has 1 N–H and O–H groups in total. The van der Waals surface area contributed by atoms with Gasteiger partial charge in [0.15, 0.2) is 0 Å². The number of carboxylic acid groups (broad SMARTS) is 1. The highest BCUT2D eigenvalue weighted by molar-refractivity contribution is 7.85. The van der Waals surface area contributed by atoms with Crippen LogP contribution in [0.3, 0.4) is 0 Å². The van der Waals surface area contributed by atoms with E-state index in [4.69, 9.17) is 9.84 Å². The van der Waals surface area contributed by atoms with Crippen LogP contribution in [0.2, 0.25) is 0 Å². The summed E-state index contributed by atoms with van der Waals surface area (Å²) in [6.07, 6.45) is -1.85. The van der Waals surface area contributed by atoms with E-state index in [-0.39, 0.29) is 12.3 Å². The molecule has 1 saturated heterocycles. The number of hydrogen-bond acceptors (Lipinski definition) is 4. The number of aliphatic carboxylic acids is 1. The van der Waals surface area contributed by atoms with Gasteiger partial charge in [-0.1, -0.05) is 30.3 Å².